The molecule has 4 nitrogen and oxygen atoms in total. The van der Waals surface area contributed by atoms with E-state index in [2.05, 4.69) is 10.3 Å². The highest BCUT2D eigenvalue weighted by atomic mass is 35.5. The van der Waals surface area contributed by atoms with Gasteiger partial charge in [0.25, 0.3) is 0 Å². The molecule has 0 saturated carbocycles. The standard InChI is InChI=1S/C14H13ClN2O2/c1-9-12(15)3-2-4-13(9)17-8-11-6-5-10(7-16-11)14(18)19/h2-7,17H,8H2,1H3,(H,18,19). The number of benzene rings is 1. The summed E-state index contributed by atoms with van der Waals surface area (Å²) in [6.45, 7) is 2.45. The van der Waals surface area contributed by atoms with Crippen molar-refractivity contribution in [3.05, 3.63) is 58.4 Å². The third-order valence-electron chi connectivity index (χ3n) is 2.80. The van der Waals surface area contributed by atoms with Crippen LogP contribution in [0.4, 0.5) is 5.69 Å². The van der Waals surface area contributed by atoms with Gasteiger partial charge in [-0.1, -0.05) is 17.7 Å². The fourth-order valence-electron chi connectivity index (χ4n) is 1.64. The maximum absolute atomic E-state index is 10.7. The zero-order valence-electron chi connectivity index (χ0n) is 10.4. The van der Waals surface area contributed by atoms with Crippen LogP contribution < -0.4 is 5.32 Å². The lowest BCUT2D eigenvalue weighted by Gasteiger charge is -2.10. The van der Waals surface area contributed by atoms with Gasteiger partial charge in [-0.2, -0.15) is 0 Å². The average molecular weight is 277 g/mol. The number of hydrogen-bond acceptors (Lipinski definition) is 3. The number of aromatic carboxylic acids is 1. The molecule has 2 rings (SSSR count). The van der Waals surface area contributed by atoms with Crippen LogP contribution in [0.3, 0.4) is 0 Å². The van der Waals surface area contributed by atoms with Crippen LogP contribution in [-0.2, 0) is 6.54 Å². The summed E-state index contributed by atoms with van der Waals surface area (Å²) in [4.78, 5) is 14.8. The van der Waals surface area contributed by atoms with E-state index in [0.717, 1.165) is 16.9 Å². The number of carbonyl (C=O) groups is 1. The maximum Gasteiger partial charge on any atom is 0.337 e. The van der Waals surface area contributed by atoms with Crippen molar-refractivity contribution in [1.29, 1.82) is 0 Å². The molecule has 0 saturated heterocycles. The van der Waals surface area contributed by atoms with Gasteiger partial charge in [0, 0.05) is 16.9 Å². The van der Waals surface area contributed by atoms with Crippen molar-refractivity contribution in [2.45, 2.75) is 13.5 Å². The van der Waals surface area contributed by atoms with E-state index >= 15 is 0 Å². The van der Waals surface area contributed by atoms with E-state index in [1.165, 1.54) is 12.3 Å². The van der Waals surface area contributed by atoms with Gasteiger partial charge < -0.3 is 10.4 Å². The van der Waals surface area contributed by atoms with Crippen LogP contribution in [0.25, 0.3) is 0 Å². The molecule has 0 unspecified atom stereocenters. The lowest BCUT2D eigenvalue weighted by atomic mass is 10.2. The first-order chi connectivity index (χ1) is 9.08. The largest absolute Gasteiger partial charge is 0.478 e. The minimum absolute atomic E-state index is 0.183. The van der Waals surface area contributed by atoms with Crippen molar-refractivity contribution in [3.63, 3.8) is 0 Å². The van der Waals surface area contributed by atoms with Gasteiger partial charge in [0.2, 0.25) is 0 Å². The van der Waals surface area contributed by atoms with Gasteiger partial charge in [-0.15, -0.1) is 0 Å². The highest BCUT2D eigenvalue weighted by Crippen LogP contribution is 2.23. The van der Waals surface area contributed by atoms with Crippen molar-refractivity contribution in [2.75, 3.05) is 5.32 Å². The van der Waals surface area contributed by atoms with E-state index in [0.29, 0.717) is 11.6 Å². The number of carboxylic acid groups (broad SMARTS) is 1. The number of nitrogens with zero attached hydrogens (tertiary/aromatic N) is 1. The Morgan fingerprint density at radius 3 is 2.79 bits per heavy atom. The van der Waals surface area contributed by atoms with Gasteiger partial charge in [0.05, 0.1) is 17.8 Å². The fourth-order valence-corrected chi connectivity index (χ4v) is 1.81. The van der Waals surface area contributed by atoms with Crippen molar-refractivity contribution < 1.29 is 9.90 Å². The lowest BCUT2D eigenvalue weighted by molar-refractivity contribution is 0.0696. The van der Waals surface area contributed by atoms with Crippen LogP contribution in [0, 0.1) is 6.92 Å². The Morgan fingerprint density at radius 1 is 1.37 bits per heavy atom. The first-order valence-electron chi connectivity index (χ1n) is 5.75. The molecule has 0 aliphatic heterocycles. The monoisotopic (exact) mass is 276 g/mol. The Kier molecular flexibility index (Phi) is 4.02. The van der Waals surface area contributed by atoms with E-state index < -0.39 is 5.97 Å². The van der Waals surface area contributed by atoms with Gasteiger partial charge in [0.1, 0.15) is 0 Å². The number of anilines is 1. The highest BCUT2D eigenvalue weighted by molar-refractivity contribution is 6.31. The summed E-state index contributed by atoms with van der Waals surface area (Å²) < 4.78 is 0. The van der Waals surface area contributed by atoms with Gasteiger partial charge in [-0.3, -0.25) is 4.98 Å². The van der Waals surface area contributed by atoms with Gasteiger partial charge in [-0.25, -0.2) is 4.79 Å². The van der Waals surface area contributed by atoms with E-state index in [1.54, 1.807) is 6.07 Å². The Balaban J connectivity index is 2.06. The van der Waals surface area contributed by atoms with Gasteiger partial charge in [-0.05, 0) is 36.8 Å². The predicted molar refractivity (Wildman–Crippen MR) is 74.7 cm³/mol. The molecule has 0 radical (unpaired) electrons. The number of pyridine rings is 1. The van der Waals surface area contributed by atoms with Crippen LogP contribution in [-0.4, -0.2) is 16.1 Å². The summed E-state index contributed by atoms with van der Waals surface area (Å²) in [7, 11) is 0. The van der Waals surface area contributed by atoms with Crippen LogP contribution in [0.1, 0.15) is 21.6 Å². The Morgan fingerprint density at radius 2 is 2.16 bits per heavy atom. The van der Waals surface area contributed by atoms with Gasteiger partial charge >= 0.3 is 5.97 Å². The molecule has 1 aromatic heterocycles. The van der Waals surface area contributed by atoms with E-state index in [4.69, 9.17) is 16.7 Å². The molecule has 0 bridgehead atoms. The van der Waals surface area contributed by atoms with Crippen molar-refractivity contribution >= 4 is 23.3 Å². The first-order valence-corrected chi connectivity index (χ1v) is 6.13. The molecule has 19 heavy (non-hydrogen) atoms. The minimum Gasteiger partial charge on any atom is -0.478 e. The molecule has 2 N–H and O–H groups in total. The number of carboxylic acids is 1. The summed E-state index contributed by atoms with van der Waals surface area (Å²) in [6.07, 6.45) is 1.35. The average Bonchev–Trinajstić information content (AvgIpc) is 2.41. The molecule has 2 aromatic rings. The Hall–Kier alpha value is -2.07. The number of nitrogens with one attached hydrogen (secondary N) is 1. The van der Waals surface area contributed by atoms with Crippen LogP contribution in [0.2, 0.25) is 5.02 Å². The molecular weight excluding hydrogens is 264 g/mol. The predicted octanol–water partition coefficient (Wildman–Crippen LogP) is 3.35. The Labute approximate surface area is 116 Å². The summed E-state index contributed by atoms with van der Waals surface area (Å²) in [6, 6.07) is 8.88. The molecule has 98 valence electrons. The van der Waals surface area contributed by atoms with Crippen molar-refractivity contribution in [2.24, 2.45) is 0 Å². The topological polar surface area (TPSA) is 62.2 Å². The van der Waals surface area contributed by atoms with Crippen LogP contribution in [0.15, 0.2) is 36.5 Å². The second kappa shape index (κ2) is 5.71. The highest BCUT2D eigenvalue weighted by Gasteiger charge is 2.04. The number of rotatable bonds is 4. The number of hydrogen-bond donors (Lipinski definition) is 2. The van der Waals surface area contributed by atoms with Crippen LogP contribution in [0.5, 0.6) is 0 Å². The summed E-state index contributed by atoms with van der Waals surface area (Å²) in [5, 5.41) is 12.7. The smallest absolute Gasteiger partial charge is 0.337 e. The first kappa shape index (κ1) is 13.4. The quantitative estimate of drug-likeness (QED) is 0.899. The van der Waals surface area contributed by atoms with E-state index in [9.17, 15) is 4.79 Å². The van der Waals surface area contributed by atoms with E-state index in [-0.39, 0.29) is 5.56 Å². The third kappa shape index (κ3) is 3.23. The second-order valence-corrected chi connectivity index (χ2v) is 4.52. The molecule has 5 heteroatoms. The van der Waals surface area contributed by atoms with E-state index in [1.807, 2.05) is 25.1 Å². The molecule has 1 heterocycles. The normalized spacial score (nSPS) is 10.2. The lowest BCUT2D eigenvalue weighted by Crippen LogP contribution is -2.04. The molecule has 0 atom stereocenters. The molecular formula is C14H13ClN2O2. The second-order valence-electron chi connectivity index (χ2n) is 4.11. The summed E-state index contributed by atoms with van der Waals surface area (Å²) in [5.41, 5.74) is 2.87. The number of aromatic nitrogens is 1. The van der Waals surface area contributed by atoms with Crippen LogP contribution >= 0.6 is 11.6 Å². The molecule has 0 amide bonds. The van der Waals surface area contributed by atoms with Crippen molar-refractivity contribution in [1.82, 2.24) is 4.98 Å². The molecule has 0 spiro atoms. The molecule has 0 aliphatic carbocycles. The third-order valence-corrected chi connectivity index (χ3v) is 3.21. The fraction of sp³-hybridized carbons (Fsp3) is 0.143. The molecule has 1 aromatic carbocycles. The molecule has 0 fully saturated rings. The maximum atomic E-state index is 10.7. The SMILES string of the molecule is Cc1c(Cl)cccc1NCc1ccc(C(=O)O)cn1. The summed E-state index contributed by atoms with van der Waals surface area (Å²) in [5.74, 6) is -0.974. The van der Waals surface area contributed by atoms with Gasteiger partial charge in [0.15, 0.2) is 0 Å². The summed E-state index contributed by atoms with van der Waals surface area (Å²) >= 11 is 6.03. The zero-order valence-corrected chi connectivity index (χ0v) is 11.1. The minimum atomic E-state index is -0.974. The zero-order chi connectivity index (χ0) is 13.8. The van der Waals surface area contributed by atoms with Crippen molar-refractivity contribution in [3.8, 4) is 0 Å². The number of halogens is 1. The Bertz CT molecular complexity index is 597. The molecule has 0 aliphatic rings.